The number of ether oxygens (including phenoxy) is 6. The first-order valence-corrected chi connectivity index (χ1v) is 23.6. The Kier molecular flexibility index (Phi) is 14.3. The predicted molar refractivity (Wildman–Crippen MR) is 228 cm³/mol. The average Bonchev–Trinajstić information content (AvgIpc) is 3.24. The maximum absolute atomic E-state index is 14.7. The molecule has 10 N–H and O–H groups in total. The van der Waals surface area contributed by atoms with Crippen LogP contribution in [0.25, 0.3) is 0 Å². The summed E-state index contributed by atoms with van der Waals surface area (Å²) in [7, 11) is 0. The summed E-state index contributed by atoms with van der Waals surface area (Å²) in [5.74, 6) is -5.54. The summed E-state index contributed by atoms with van der Waals surface area (Å²) in [6.45, 7) is 13.8. The second kappa shape index (κ2) is 18.4. The lowest BCUT2D eigenvalue weighted by Crippen LogP contribution is -2.66. The number of carboxylic acids is 3. The highest BCUT2D eigenvalue weighted by atomic mass is 16.7. The number of hydrogen-bond acceptors (Lipinski definition) is 17. The third kappa shape index (κ3) is 8.65. The van der Waals surface area contributed by atoms with Gasteiger partial charge in [-0.05, 0) is 109 Å². The van der Waals surface area contributed by atoms with Crippen LogP contribution in [-0.2, 0) is 47.6 Å². The van der Waals surface area contributed by atoms with Crippen molar-refractivity contribution in [3.63, 3.8) is 0 Å². The lowest BCUT2D eigenvalue weighted by atomic mass is 9.33. The van der Waals surface area contributed by atoms with E-state index in [1.807, 2.05) is 0 Å². The molecule has 380 valence electrons. The Morgan fingerprint density at radius 1 is 0.776 bits per heavy atom. The predicted octanol–water partition coefficient (Wildman–Crippen LogP) is 1.31. The van der Waals surface area contributed by atoms with Gasteiger partial charge in [-0.2, -0.15) is 0 Å². The van der Waals surface area contributed by atoms with E-state index in [1.165, 1.54) is 5.57 Å². The van der Waals surface area contributed by atoms with E-state index < -0.39 is 128 Å². The van der Waals surface area contributed by atoms with E-state index in [0.29, 0.717) is 32.1 Å². The lowest BCUT2D eigenvalue weighted by Gasteiger charge is -2.71. The molecule has 0 aromatic carbocycles. The second-order valence-corrected chi connectivity index (χ2v) is 22.7. The van der Waals surface area contributed by atoms with Gasteiger partial charge in [0.25, 0.3) is 0 Å². The number of aliphatic hydroxyl groups is 7. The molecule has 0 aromatic rings. The number of rotatable bonds is 13. The van der Waals surface area contributed by atoms with E-state index in [9.17, 15) is 65.1 Å². The number of aliphatic carboxylic acids is 3. The molecular weight excluding hydrogens is 884 g/mol. The molecule has 0 radical (unpaired) electrons. The first-order chi connectivity index (χ1) is 31.1. The highest BCUT2D eigenvalue weighted by Crippen LogP contribution is 2.76. The van der Waals surface area contributed by atoms with Gasteiger partial charge in [0.1, 0.15) is 49.3 Å². The van der Waals surface area contributed by atoms with Crippen molar-refractivity contribution in [2.45, 2.75) is 193 Å². The first-order valence-electron chi connectivity index (χ1n) is 23.6. The minimum Gasteiger partial charge on any atom is -0.480 e. The minimum absolute atomic E-state index is 0.0494. The van der Waals surface area contributed by atoms with Crippen LogP contribution >= 0.6 is 0 Å². The summed E-state index contributed by atoms with van der Waals surface area (Å²) in [5, 5.41) is 103. The van der Waals surface area contributed by atoms with Crippen LogP contribution in [0.1, 0.15) is 113 Å². The molecule has 7 aliphatic rings. The van der Waals surface area contributed by atoms with Crippen molar-refractivity contribution in [3.8, 4) is 0 Å². The van der Waals surface area contributed by atoms with Crippen molar-refractivity contribution < 1.29 is 98.7 Å². The topological polar surface area (TPSA) is 326 Å². The number of allylic oxidation sites excluding steroid dienone is 2. The normalized spacial score (nSPS) is 46.5. The Morgan fingerprint density at radius 2 is 1.45 bits per heavy atom. The monoisotopic (exact) mass is 956 g/mol. The van der Waals surface area contributed by atoms with Crippen LogP contribution < -0.4 is 0 Å². The molecule has 20 heteroatoms. The molecule has 2 aliphatic heterocycles. The summed E-state index contributed by atoms with van der Waals surface area (Å²) in [6, 6.07) is 0. The molecule has 2 saturated heterocycles. The van der Waals surface area contributed by atoms with Crippen LogP contribution in [0.5, 0.6) is 0 Å². The lowest BCUT2D eigenvalue weighted by molar-refractivity contribution is -0.345. The van der Waals surface area contributed by atoms with Crippen molar-refractivity contribution in [3.05, 3.63) is 11.6 Å². The zero-order valence-corrected chi connectivity index (χ0v) is 39.4. The van der Waals surface area contributed by atoms with Gasteiger partial charge in [0.2, 0.25) is 12.4 Å². The molecule has 0 aromatic heterocycles. The fourth-order valence-electron chi connectivity index (χ4n) is 14.3. The standard InChI is InChI=1S/C47H72O20/c1-42(2)14-16-47(41(61)67-39-30(53)29(52)28(51)23(19-48)63-39)17-15-45(6)21(22(47)18-42)8-9-25-44(5)12-11-26(43(3,4)24(44)10-13-46(25,45)7)64-40-32(55)34(31(54)35(66-40)37(59)60)65-38(33(56)36(57)58)62-20-27(49)50/h8,22-26,28-35,38-40,48,51-56H,9-20H2,1-7H3,(H,49,50)(H,57,58)(H,59,60)/t22-,23+,24-,25+,26-,28+,29-,30+,31-,32+,33+,34-,35-,38-,39-,40+,44-,45+,46+,47-/m0/s1. The van der Waals surface area contributed by atoms with E-state index in [2.05, 4.69) is 54.5 Å². The molecule has 2 heterocycles. The van der Waals surface area contributed by atoms with Crippen molar-refractivity contribution in [1.29, 1.82) is 0 Å². The van der Waals surface area contributed by atoms with Gasteiger partial charge in [-0.3, -0.25) is 4.79 Å². The number of aliphatic hydroxyl groups excluding tert-OH is 7. The van der Waals surface area contributed by atoms with Crippen molar-refractivity contribution in [2.24, 2.45) is 50.2 Å². The average molecular weight is 957 g/mol. The summed E-state index contributed by atoms with van der Waals surface area (Å²) in [5.41, 5.74) is -1.20. The van der Waals surface area contributed by atoms with E-state index in [-0.39, 0.29) is 39.4 Å². The van der Waals surface area contributed by atoms with Crippen LogP contribution in [0.3, 0.4) is 0 Å². The van der Waals surface area contributed by atoms with Crippen LogP contribution in [0, 0.1) is 50.2 Å². The minimum atomic E-state index is -2.48. The van der Waals surface area contributed by atoms with E-state index in [4.69, 9.17) is 33.5 Å². The van der Waals surface area contributed by atoms with Gasteiger partial charge in [-0.25, -0.2) is 14.4 Å². The number of carbonyl (C=O) groups is 4. The van der Waals surface area contributed by atoms with E-state index in [0.717, 1.165) is 32.1 Å². The molecule has 0 unspecified atom stereocenters. The Labute approximate surface area is 389 Å². The smallest absolute Gasteiger partial charge is 0.337 e. The molecule has 20 nitrogen and oxygen atoms in total. The second-order valence-electron chi connectivity index (χ2n) is 22.7. The number of carbonyl (C=O) groups excluding carboxylic acids is 1. The maximum atomic E-state index is 14.7. The highest BCUT2D eigenvalue weighted by molar-refractivity contribution is 5.79. The molecule has 7 rings (SSSR count). The Balaban J connectivity index is 1.13. The molecule has 67 heavy (non-hydrogen) atoms. The molecule has 4 saturated carbocycles. The molecule has 5 aliphatic carbocycles. The van der Waals surface area contributed by atoms with Gasteiger partial charge in [0.05, 0.1) is 18.1 Å². The quantitative estimate of drug-likeness (QED) is 0.0538. The first kappa shape index (κ1) is 52.0. The summed E-state index contributed by atoms with van der Waals surface area (Å²) < 4.78 is 34.2. The van der Waals surface area contributed by atoms with Crippen LogP contribution in [0.4, 0.5) is 0 Å². The largest absolute Gasteiger partial charge is 0.480 e. The Hall–Kier alpha value is -2.86. The zero-order chi connectivity index (χ0) is 49.6. The number of carboxylic acid groups (broad SMARTS) is 3. The van der Waals surface area contributed by atoms with Gasteiger partial charge in [0.15, 0.2) is 18.7 Å². The van der Waals surface area contributed by atoms with Gasteiger partial charge < -0.3 is 79.5 Å². The number of esters is 1. The highest BCUT2D eigenvalue weighted by Gasteiger charge is 2.70. The number of fused-ring (bicyclic) bond motifs is 7. The molecular formula is C47H72O20. The third-order valence-corrected chi connectivity index (χ3v) is 18.3. The van der Waals surface area contributed by atoms with Crippen LogP contribution in [-0.4, -0.2) is 168 Å². The van der Waals surface area contributed by atoms with Gasteiger partial charge in [-0.15, -0.1) is 0 Å². The van der Waals surface area contributed by atoms with E-state index >= 15 is 0 Å². The SMILES string of the molecule is CC1(C)CC[C@]2(C(=O)O[C@@H]3O[C@H](CO)[C@@H](O)[C@H](O)[C@H]3O)CC[C@]3(C)C(=CC[C@@H]4[C@@]5(C)CC[C@H](O[C@@H]6O[C@H](C(=O)O)[C@@H](O)[C@H](O[C@H](OCC(=O)O)[C@H](O)C(=O)O)[C@H]6O)C(C)(C)[C@@H]5CC[C@]43C)[C@@H]2C1. The van der Waals surface area contributed by atoms with E-state index in [1.54, 1.807) is 0 Å². The van der Waals surface area contributed by atoms with Crippen LogP contribution in [0.15, 0.2) is 11.6 Å². The molecule has 6 fully saturated rings. The van der Waals surface area contributed by atoms with Gasteiger partial charge >= 0.3 is 23.9 Å². The van der Waals surface area contributed by atoms with Crippen molar-refractivity contribution in [1.82, 2.24) is 0 Å². The summed E-state index contributed by atoms with van der Waals surface area (Å²) in [4.78, 5) is 49.9. The molecule has 20 atom stereocenters. The summed E-state index contributed by atoms with van der Waals surface area (Å²) >= 11 is 0. The van der Waals surface area contributed by atoms with Crippen LogP contribution in [0.2, 0.25) is 0 Å². The molecule has 0 spiro atoms. The zero-order valence-electron chi connectivity index (χ0n) is 39.4. The number of hydrogen-bond donors (Lipinski definition) is 10. The summed E-state index contributed by atoms with van der Waals surface area (Å²) in [6.07, 6.45) is -13.8. The Morgan fingerprint density at radius 3 is 2.07 bits per heavy atom. The fraction of sp³-hybridized carbons (Fsp3) is 0.872. The van der Waals surface area contributed by atoms with Gasteiger partial charge in [-0.1, -0.05) is 60.1 Å². The molecule has 0 amide bonds. The molecule has 0 bridgehead atoms. The maximum Gasteiger partial charge on any atom is 0.337 e. The van der Waals surface area contributed by atoms with Crippen molar-refractivity contribution in [2.75, 3.05) is 13.2 Å². The van der Waals surface area contributed by atoms with Crippen molar-refractivity contribution >= 4 is 23.9 Å². The Bertz CT molecular complexity index is 1920. The fourth-order valence-corrected chi connectivity index (χ4v) is 14.3. The van der Waals surface area contributed by atoms with Gasteiger partial charge in [0, 0.05) is 0 Å². The third-order valence-electron chi connectivity index (χ3n) is 18.3.